The van der Waals surface area contributed by atoms with Crippen LogP contribution in [0.3, 0.4) is 0 Å². The molecule has 0 bridgehead atoms. The summed E-state index contributed by atoms with van der Waals surface area (Å²) in [5.74, 6) is 3.86. The number of hydrogen-bond acceptors (Lipinski definition) is 8. The van der Waals surface area contributed by atoms with E-state index >= 15 is 0 Å². The maximum Gasteiger partial charge on any atom is 0.439 e. The van der Waals surface area contributed by atoms with E-state index < -0.39 is 5.76 Å². The van der Waals surface area contributed by atoms with Crippen LogP contribution in [0.25, 0.3) is 34.3 Å². The van der Waals surface area contributed by atoms with Crippen molar-refractivity contribution in [3.8, 4) is 23.2 Å². The molecule has 4 aromatic heterocycles. The molecule has 0 aliphatic heterocycles. The summed E-state index contributed by atoms with van der Waals surface area (Å²) in [5, 5.41) is 3.91. The molecule has 0 amide bonds. The van der Waals surface area contributed by atoms with Gasteiger partial charge in [-0.05, 0) is 80.9 Å². The fourth-order valence-corrected chi connectivity index (χ4v) is 6.53. The van der Waals surface area contributed by atoms with E-state index in [2.05, 4.69) is 66.4 Å². The van der Waals surface area contributed by atoms with E-state index in [0.29, 0.717) is 35.3 Å². The molecule has 218 valence electrons. The minimum Gasteiger partial charge on any atom is -0.352 e. The van der Waals surface area contributed by atoms with Gasteiger partial charge >= 0.3 is 5.76 Å². The number of aromatic nitrogens is 7. The number of hydrogen-bond donors (Lipinski definition) is 1. The molecule has 0 spiro atoms. The van der Waals surface area contributed by atoms with Crippen LogP contribution in [-0.4, -0.2) is 47.2 Å². The Morgan fingerprint density at radius 1 is 1.10 bits per heavy atom. The van der Waals surface area contributed by atoms with E-state index in [1.165, 1.54) is 50.5 Å². The second-order valence-electron chi connectivity index (χ2n) is 12.5. The quantitative estimate of drug-likeness (QED) is 0.258. The van der Waals surface area contributed by atoms with Crippen LogP contribution < -0.4 is 10.7 Å². The Balaban J connectivity index is 1.58. The third-order valence-electron chi connectivity index (χ3n) is 9.43. The van der Waals surface area contributed by atoms with Crippen LogP contribution in [0.4, 0.5) is 5.82 Å². The number of nitrogens with zero attached hydrogens (tertiary/aromatic N) is 7. The molecule has 41 heavy (non-hydrogen) atoms. The van der Waals surface area contributed by atoms with Gasteiger partial charge < -0.3 is 9.47 Å². The highest BCUT2D eigenvalue weighted by Crippen LogP contribution is 2.39. The maximum absolute atomic E-state index is 11.8. The molecule has 0 radical (unpaired) electrons. The van der Waals surface area contributed by atoms with Crippen molar-refractivity contribution in [2.75, 3.05) is 11.4 Å². The van der Waals surface area contributed by atoms with Crippen LogP contribution in [0.5, 0.6) is 0 Å². The van der Waals surface area contributed by atoms with E-state index in [4.69, 9.17) is 24.5 Å². The molecule has 10 nitrogen and oxygen atoms in total. The lowest BCUT2D eigenvalue weighted by Crippen LogP contribution is -2.42. The smallest absolute Gasteiger partial charge is 0.352 e. The number of rotatable bonds is 9. The van der Waals surface area contributed by atoms with Crippen molar-refractivity contribution in [2.24, 2.45) is 17.8 Å². The number of H-pyrrole nitrogens is 1. The van der Waals surface area contributed by atoms with Gasteiger partial charge in [-0.1, -0.05) is 45.2 Å². The molecule has 2 aliphatic rings. The molecule has 0 saturated heterocycles. The highest BCUT2D eigenvalue weighted by Gasteiger charge is 2.33. The summed E-state index contributed by atoms with van der Waals surface area (Å²) in [7, 11) is 0. The number of nitrogens with one attached hydrogen (secondary N) is 1. The fraction of sp³-hybridized carbons (Fsp3) is 0.613. The predicted molar refractivity (Wildman–Crippen MR) is 160 cm³/mol. The van der Waals surface area contributed by atoms with Gasteiger partial charge in [0.2, 0.25) is 11.6 Å². The standard InChI is InChI=1S/C31H42N8O2/c1-6-38(20(5)22-8-7-9-22)30-25-26(33-27(35-30)28-36-31(40)41-37-28)34-29(24-16-23(18(2)3)14-15-32-24)39(25)17-21-12-10-19(4)11-13-21/h14-16,18-22H,6-13,17H2,1-5H3,(H,36,37,40)/t19-,20-,21-/m1/s1. The first-order valence-corrected chi connectivity index (χ1v) is 15.4. The Morgan fingerprint density at radius 3 is 2.51 bits per heavy atom. The molecule has 0 unspecified atom stereocenters. The summed E-state index contributed by atoms with van der Waals surface area (Å²) in [5.41, 5.74) is 3.58. The highest BCUT2D eigenvalue weighted by molar-refractivity contribution is 5.88. The third-order valence-corrected chi connectivity index (χ3v) is 9.43. The Morgan fingerprint density at radius 2 is 1.88 bits per heavy atom. The van der Waals surface area contributed by atoms with Crippen molar-refractivity contribution >= 4 is 17.0 Å². The number of anilines is 1. The van der Waals surface area contributed by atoms with Gasteiger partial charge in [0.15, 0.2) is 17.3 Å². The molecule has 4 heterocycles. The lowest BCUT2D eigenvalue weighted by molar-refractivity contribution is 0.262. The Labute approximate surface area is 241 Å². The topological polar surface area (TPSA) is 119 Å². The van der Waals surface area contributed by atoms with Crippen LogP contribution in [0.1, 0.15) is 91.0 Å². The van der Waals surface area contributed by atoms with Crippen molar-refractivity contribution in [1.82, 2.24) is 34.6 Å². The summed E-state index contributed by atoms with van der Waals surface area (Å²) in [4.78, 5) is 36.7. The fourth-order valence-electron chi connectivity index (χ4n) is 6.53. The SMILES string of the molecule is CCN(c1nc(-c2noc(=O)[nH]2)nc2nc(-c3cc(C(C)C)ccn3)n(C[C@H]3CC[C@H](C)CC3)c12)[C@H](C)C1CCC1. The predicted octanol–water partition coefficient (Wildman–Crippen LogP) is 6.20. The van der Waals surface area contributed by atoms with E-state index in [1.54, 1.807) is 0 Å². The van der Waals surface area contributed by atoms with Gasteiger partial charge in [0.05, 0.1) is 0 Å². The monoisotopic (exact) mass is 558 g/mol. The van der Waals surface area contributed by atoms with Gasteiger partial charge in [-0.2, -0.15) is 0 Å². The average molecular weight is 559 g/mol. The Bertz CT molecular complexity index is 1560. The van der Waals surface area contributed by atoms with Gasteiger partial charge in [-0.3, -0.25) is 14.5 Å². The summed E-state index contributed by atoms with van der Waals surface area (Å²) in [6.45, 7) is 12.9. The van der Waals surface area contributed by atoms with E-state index in [1.807, 2.05) is 6.20 Å². The van der Waals surface area contributed by atoms with E-state index in [-0.39, 0.29) is 5.82 Å². The van der Waals surface area contributed by atoms with Crippen LogP contribution in [0, 0.1) is 17.8 Å². The minimum absolute atomic E-state index is 0.211. The Kier molecular flexibility index (Phi) is 7.66. The second kappa shape index (κ2) is 11.4. The van der Waals surface area contributed by atoms with E-state index in [0.717, 1.165) is 41.9 Å². The van der Waals surface area contributed by atoms with Gasteiger partial charge in [0, 0.05) is 25.3 Å². The molecular formula is C31H42N8O2. The van der Waals surface area contributed by atoms with Crippen molar-refractivity contribution in [2.45, 2.75) is 98.1 Å². The minimum atomic E-state index is -0.632. The average Bonchev–Trinajstić information content (AvgIpc) is 3.53. The summed E-state index contributed by atoms with van der Waals surface area (Å²) in [6, 6.07) is 4.54. The van der Waals surface area contributed by atoms with Gasteiger partial charge in [0.25, 0.3) is 0 Å². The van der Waals surface area contributed by atoms with Crippen LogP contribution in [0.2, 0.25) is 0 Å². The highest BCUT2D eigenvalue weighted by atomic mass is 16.5. The molecule has 2 fully saturated rings. The number of fused-ring (bicyclic) bond motifs is 1. The number of imidazole rings is 1. The third kappa shape index (κ3) is 5.40. The molecule has 2 saturated carbocycles. The summed E-state index contributed by atoms with van der Waals surface area (Å²) < 4.78 is 7.16. The molecule has 0 aromatic carbocycles. The maximum atomic E-state index is 11.8. The summed E-state index contributed by atoms with van der Waals surface area (Å²) >= 11 is 0. The summed E-state index contributed by atoms with van der Waals surface area (Å²) in [6.07, 6.45) is 10.5. The normalized spacial score (nSPS) is 20.4. The molecule has 1 N–H and O–H groups in total. The zero-order valence-corrected chi connectivity index (χ0v) is 24.9. The lowest BCUT2D eigenvalue weighted by atomic mass is 9.80. The van der Waals surface area contributed by atoms with Crippen molar-refractivity contribution < 1.29 is 4.52 Å². The molecule has 1 atom stereocenters. The van der Waals surface area contributed by atoms with Crippen LogP contribution >= 0.6 is 0 Å². The van der Waals surface area contributed by atoms with Gasteiger partial charge in [0.1, 0.15) is 11.2 Å². The van der Waals surface area contributed by atoms with Crippen LogP contribution in [0.15, 0.2) is 27.6 Å². The molecule has 10 heteroatoms. The Hall–Kier alpha value is -3.56. The molecular weight excluding hydrogens is 516 g/mol. The first-order chi connectivity index (χ1) is 19.8. The molecule has 2 aliphatic carbocycles. The lowest BCUT2D eigenvalue weighted by Gasteiger charge is -2.39. The van der Waals surface area contributed by atoms with Crippen molar-refractivity contribution in [1.29, 1.82) is 0 Å². The molecule has 4 aromatic rings. The second-order valence-corrected chi connectivity index (χ2v) is 12.5. The van der Waals surface area contributed by atoms with E-state index in [9.17, 15) is 4.79 Å². The number of aromatic amines is 1. The number of pyridine rings is 1. The van der Waals surface area contributed by atoms with Crippen LogP contribution in [-0.2, 0) is 6.54 Å². The first-order valence-electron chi connectivity index (χ1n) is 15.4. The van der Waals surface area contributed by atoms with Gasteiger partial charge in [-0.25, -0.2) is 19.7 Å². The molecule has 6 rings (SSSR count). The van der Waals surface area contributed by atoms with Crippen molar-refractivity contribution in [3.63, 3.8) is 0 Å². The zero-order valence-electron chi connectivity index (χ0n) is 24.9. The van der Waals surface area contributed by atoms with Gasteiger partial charge in [-0.15, -0.1) is 0 Å². The zero-order chi connectivity index (χ0) is 28.7. The van der Waals surface area contributed by atoms with Crippen molar-refractivity contribution in [3.05, 3.63) is 34.4 Å². The largest absolute Gasteiger partial charge is 0.439 e. The first kappa shape index (κ1) is 27.6.